The summed E-state index contributed by atoms with van der Waals surface area (Å²) < 4.78 is 11.6. The average Bonchev–Trinajstić information content (AvgIpc) is 2.83. The number of carbonyl (C=O) groups excluding carboxylic acids is 2. The van der Waals surface area contributed by atoms with E-state index in [0.717, 1.165) is 49.7 Å². The van der Waals surface area contributed by atoms with Crippen LogP contribution in [0.1, 0.15) is 161 Å². The first-order valence-corrected chi connectivity index (χ1v) is 15.3. The van der Waals surface area contributed by atoms with Crippen molar-refractivity contribution in [3.8, 4) is 11.5 Å². The molecule has 0 saturated carbocycles. The van der Waals surface area contributed by atoms with E-state index in [2.05, 4.69) is 34.6 Å². The Labute approximate surface area is 228 Å². The van der Waals surface area contributed by atoms with Crippen LogP contribution in [0.15, 0.2) is 12.1 Å². The SMILES string of the molecule is CCCCCCCCCCC(=O)Oc1cc(C(C)(C)C)cc(C)c1OC(=O)CCCCCCCCCC. The van der Waals surface area contributed by atoms with Crippen LogP contribution >= 0.6 is 0 Å². The fourth-order valence-corrected chi connectivity index (χ4v) is 4.53. The van der Waals surface area contributed by atoms with Crippen LogP contribution in [0.3, 0.4) is 0 Å². The molecule has 0 aliphatic rings. The number of carbonyl (C=O) groups is 2. The molecule has 0 saturated heterocycles. The van der Waals surface area contributed by atoms with Gasteiger partial charge in [-0.15, -0.1) is 0 Å². The van der Waals surface area contributed by atoms with Crippen molar-refractivity contribution in [2.45, 2.75) is 163 Å². The summed E-state index contributed by atoms with van der Waals surface area (Å²) in [5, 5.41) is 0. The largest absolute Gasteiger partial charge is 0.422 e. The lowest BCUT2D eigenvalue weighted by molar-refractivity contribution is -0.137. The van der Waals surface area contributed by atoms with E-state index >= 15 is 0 Å². The number of unbranched alkanes of at least 4 members (excludes halogenated alkanes) is 14. The fraction of sp³-hybridized carbons (Fsp3) is 0.758. The van der Waals surface area contributed by atoms with E-state index < -0.39 is 0 Å². The molecule has 0 aromatic heterocycles. The minimum Gasteiger partial charge on any atom is -0.422 e. The molecule has 1 aromatic carbocycles. The molecule has 0 N–H and O–H groups in total. The van der Waals surface area contributed by atoms with Crippen LogP contribution in [0.4, 0.5) is 0 Å². The van der Waals surface area contributed by atoms with Crippen LogP contribution in [0, 0.1) is 6.92 Å². The zero-order valence-corrected chi connectivity index (χ0v) is 25.0. The number of hydrogen-bond donors (Lipinski definition) is 0. The Morgan fingerprint density at radius 3 is 1.46 bits per heavy atom. The third-order valence-electron chi connectivity index (χ3n) is 7.02. The third-order valence-corrected chi connectivity index (χ3v) is 7.02. The highest BCUT2D eigenvalue weighted by Gasteiger charge is 2.22. The first-order chi connectivity index (χ1) is 17.7. The summed E-state index contributed by atoms with van der Waals surface area (Å²) in [5.41, 5.74) is 1.78. The summed E-state index contributed by atoms with van der Waals surface area (Å²) in [5.74, 6) is 0.260. The molecular formula is C33H56O4. The van der Waals surface area contributed by atoms with Gasteiger partial charge in [0, 0.05) is 12.8 Å². The van der Waals surface area contributed by atoms with Crippen LogP contribution < -0.4 is 9.47 Å². The first-order valence-electron chi connectivity index (χ1n) is 15.3. The Bertz CT molecular complexity index is 775. The van der Waals surface area contributed by atoms with Gasteiger partial charge in [-0.2, -0.15) is 0 Å². The molecule has 37 heavy (non-hydrogen) atoms. The van der Waals surface area contributed by atoms with Gasteiger partial charge in [0.05, 0.1) is 0 Å². The predicted molar refractivity (Wildman–Crippen MR) is 156 cm³/mol. The summed E-state index contributed by atoms with van der Waals surface area (Å²) in [6, 6.07) is 3.91. The van der Waals surface area contributed by atoms with Crippen LogP contribution in [0.25, 0.3) is 0 Å². The number of aryl methyl sites for hydroxylation is 1. The summed E-state index contributed by atoms with van der Waals surface area (Å²) in [6.07, 6.45) is 19.7. The molecule has 1 rings (SSSR count). The summed E-state index contributed by atoms with van der Waals surface area (Å²) >= 11 is 0. The zero-order chi connectivity index (χ0) is 27.5. The Balaban J connectivity index is 2.63. The van der Waals surface area contributed by atoms with Crippen LogP contribution in [-0.2, 0) is 15.0 Å². The third kappa shape index (κ3) is 15.2. The smallest absolute Gasteiger partial charge is 0.311 e. The van der Waals surface area contributed by atoms with E-state index in [1.165, 1.54) is 64.2 Å². The molecule has 0 spiro atoms. The quantitative estimate of drug-likeness (QED) is 0.0982. The topological polar surface area (TPSA) is 52.6 Å². The Kier molecular flexibility index (Phi) is 17.3. The average molecular weight is 517 g/mol. The van der Waals surface area contributed by atoms with Crippen LogP contribution in [0.5, 0.6) is 11.5 Å². The lowest BCUT2D eigenvalue weighted by Gasteiger charge is -2.22. The van der Waals surface area contributed by atoms with Gasteiger partial charge in [0.25, 0.3) is 0 Å². The van der Waals surface area contributed by atoms with E-state index in [9.17, 15) is 9.59 Å². The molecule has 0 radical (unpaired) electrons. The Morgan fingerprint density at radius 2 is 1.03 bits per heavy atom. The minimum atomic E-state index is -0.253. The molecule has 4 heteroatoms. The van der Waals surface area contributed by atoms with E-state index in [0.29, 0.717) is 24.3 Å². The Hall–Kier alpha value is -1.84. The second kappa shape index (κ2) is 19.3. The maximum atomic E-state index is 12.7. The maximum Gasteiger partial charge on any atom is 0.311 e. The molecule has 1 aromatic rings. The molecule has 0 aliphatic heterocycles. The summed E-state index contributed by atoms with van der Waals surface area (Å²) in [7, 11) is 0. The number of benzene rings is 1. The molecule has 212 valence electrons. The summed E-state index contributed by atoms with van der Waals surface area (Å²) in [6.45, 7) is 12.8. The Morgan fingerprint density at radius 1 is 0.622 bits per heavy atom. The van der Waals surface area contributed by atoms with Gasteiger partial charge in [0.1, 0.15) is 0 Å². The lowest BCUT2D eigenvalue weighted by atomic mass is 9.86. The number of hydrogen-bond acceptors (Lipinski definition) is 4. The van der Waals surface area contributed by atoms with E-state index in [1.54, 1.807) is 0 Å². The molecular weight excluding hydrogens is 460 g/mol. The molecule has 0 aliphatic carbocycles. The fourth-order valence-electron chi connectivity index (χ4n) is 4.53. The van der Waals surface area contributed by atoms with Gasteiger partial charge in [0.15, 0.2) is 11.5 Å². The molecule has 0 amide bonds. The van der Waals surface area contributed by atoms with Crippen molar-refractivity contribution in [3.05, 3.63) is 23.3 Å². The number of ether oxygens (including phenoxy) is 2. The monoisotopic (exact) mass is 516 g/mol. The number of esters is 2. The van der Waals surface area contributed by atoms with E-state index in [1.807, 2.05) is 19.1 Å². The van der Waals surface area contributed by atoms with Crippen molar-refractivity contribution < 1.29 is 19.1 Å². The van der Waals surface area contributed by atoms with Crippen LogP contribution in [-0.4, -0.2) is 11.9 Å². The molecule has 0 heterocycles. The zero-order valence-electron chi connectivity index (χ0n) is 25.0. The molecule has 0 unspecified atom stereocenters. The predicted octanol–water partition coefficient (Wildman–Crippen LogP) is 10.2. The highest BCUT2D eigenvalue weighted by Crippen LogP contribution is 2.37. The van der Waals surface area contributed by atoms with Gasteiger partial charge in [-0.3, -0.25) is 9.59 Å². The van der Waals surface area contributed by atoms with Gasteiger partial charge in [-0.25, -0.2) is 0 Å². The standard InChI is InChI=1S/C33H56O4/c1-7-9-11-13-15-17-19-21-23-30(34)36-29-26-28(33(4,5)6)25-27(3)32(29)37-31(35)24-22-20-18-16-14-12-10-8-2/h25-26H,7-24H2,1-6H3. The van der Waals surface area contributed by atoms with Gasteiger partial charge in [0.2, 0.25) is 0 Å². The van der Waals surface area contributed by atoms with Crippen LogP contribution in [0.2, 0.25) is 0 Å². The minimum absolute atomic E-state index is 0.108. The van der Waals surface area contributed by atoms with Crippen molar-refractivity contribution in [2.24, 2.45) is 0 Å². The number of rotatable bonds is 20. The second-order valence-corrected chi connectivity index (χ2v) is 11.8. The summed E-state index contributed by atoms with van der Waals surface area (Å²) in [4.78, 5) is 25.3. The molecule has 0 fully saturated rings. The van der Waals surface area contributed by atoms with Gasteiger partial charge in [-0.1, -0.05) is 131 Å². The van der Waals surface area contributed by atoms with E-state index in [4.69, 9.17) is 9.47 Å². The molecule has 0 bridgehead atoms. The maximum absolute atomic E-state index is 12.7. The van der Waals surface area contributed by atoms with E-state index in [-0.39, 0.29) is 17.4 Å². The first kappa shape index (κ1) is 33.2. The lowest BCUT2D eigenvalue weighted by Crippen LogP contribution is -2.16. The highest BCUT2D eigenvalue weighted by atomic mass is 16.6. The van der Waals surface area contributed by atoms with Crippen molar-refractivity contribution in [1.82, 2.24) is 0 Å². The van der Waals surface area contributed by atoms with Gasteiger partial charge < -0.3 is 9.47 Å². The van der Waals surface area contributed by atoms with Gasteiger partial charge >= 0.3 is 11.9 Å². The van der Waals surface area contributed by atoms with Crippen molar-refractivity contribution in [2.75, 3.05) is 0 Å². The van der Waals surface area contributed by atoms with Crippen molar-refractivity contribution in [1.29, 1.82) is 0 Å². The highest BCUT2D eigenvalue weighted by molar-refractivity contribution is 5.77. The molecule has 4 nitrogen and oxygen atoms in total. The second-order valence-electron chi connectivity index (χ2n) is 11.8. The van der Waals surface area contributed by atoms with Crippen molar-refractivity contribution >= 4 is 11.9 Å². The molecule has 0 atom stereocenters. The normalized spacial score (nSPS) is 11.5. The van der Waals surface area contributed by atoms with Gasteiger partial charge in [-0.05, 0) is 42.4 Å². The van der Waals surface area contributed by atoms with Crippen molar-refractivity contribution in [3.63, 3.8) is 0 Å².